The number of benzene rings is 4. The van der Waals surface area contributed by atoms with Crippen molar-refractivity contribution in [2.45, 2.75) is 0 Å². The molecular formula is C48H18. The molecule has 0 amide bonds. The van der Waals surface area contributed by atoms with Crippen molar-refractivity contribution in [2.24, 2.45) is 0 Å². The highest BCUT2D eigenvalue weighted by atomic mass is 14.0. The zero-order valence-electron chi connectivity index (χ0n) is 25.4. The van der Waals surface area contributed by atoms with Gasteiger partial charge in [0.2, 0.25) is 0 Å². The van der Waals surface area contributed by atoms with Crippen LogP contribution in [0, 0.1) is 145 Å². The lowest BCUT2D eigenvalue weighted by molar-refractivity contribution is 1.56. The Bertz CT molecular complexity index is 2390. The molecule has 0 aliphatic heterocycles. The third kappa shape index (κ3) is 9.56. The largest absolute Gasteiger partial charge is 0.115 e. The van der Waals surface area contributed by atoms with E-state index >= 15 is 0 Å². The Hall–Kier alpha value is -8.40. The van der Waals surface area contributed by atoms with Crippen LogP contribution in [0.5, 0.6) is 0 Å². The molecule has 0 bridgehead atoms. The van der Waals surface area contributed by atoms with E-state index in [1.165, 1.54) is 0 Å². The Morgan fingerprint density at radius 2 is 0.333 bits per heavy atom. The van der Waals surface area contributed by atoms with Crippen molar-refractivity contribution in [1.82, 2.24) is 0 Å². The van der Waals surface area contributed by atoms with E-state index < -0.39 is 0 Å². The number of hydrogen-bond acceptors (Lipinski definition) is 0. The predicted octanol–water partition coefficient (Wildman–Crippen LogP) is 5.78. The summed E-state index contributed by atoms with van der Waals surface area (Å²) in [5, 5.41) is 0. The van der Waals surface area contributed by atoms with Gasteiger partial charge in [0.1, 0.15) is 0 Å². The van der Waals surface area contributed by atoms with Crippen LogP contribution in [0.15, 0.2) is 72.8 Å². The summed E-state index contributed by atoms with van der Waals surface area (Å²) in [6.07, 6.45) is 33.3. The Balaban J connectivity index is 1.54. The van der Waals surface area contributed by atoms with E-state index in [-0.39, 0.29) is 0 Å². The third-order valence-electron chi connectivity index (χ3n) is 6.16. The maximum Gasteiger partial charge on any atom is 0.0280 e. The van der Waals surface area contributed by atoms with Crippen molar-refractivity contribution in [1.29, 1.82) is 0 Å². The zero-order chi connectivity index (χ0) is 34.1. The highest BCUT2D eigenvalue weighted by molar-refractivity contribution is 5.57. The molecule has 210 valence electrons. The monoisotopic (exact) mass is 594 g/mol. The summed E-state index contributed by atoms with van der Waals surface area (Å²) in [6, 6.07) is 21.3. The van der Waals surface area contributed by atoms with Crippen LogP contribution >= 0.6 is 0 Å². The third-order valence-corrected chi connectivity index (χ3v) is 6.16. The van der Waals surface area contributed by atoms with Crippen molar-refractivity contribution in [3.8, 4) is 145 Å². The summed E-state index contributed by atoms with van der Waals surface area (Å²) in [5.41, 5.74) is 7.84. The molecule has 0 fully saturated rings. The molecule has 0 atom stereocenters. The molecule has 0 unspecified atom stereocenters. The SMILES string of the molecule is C#Cc1cc(C#C)cc(C#CC#Cc2cc(C#C)cc(C#CC#Cc3cc(C#C)cc(C#CC#Cc4cc(C#C)cc(C#C)c4)c3)c2)c1. The first-order chi connectivity index (χ1) is 23.4. The van der Waals surface area contributed by atoms with Gasteiger partial charge in [-0.05, 0) is 108 Å². The Kier molecular flexibility index (Phi) is 11.1. The first-order valence-corrected chi connectivity index (χ1v) is 13.9. The van der Waals surface area contributed by atoms with Crippen molar-refractivity contribution < 1.29 is 0 Å². The van der Waals surface area contributed by atoms with Crippen LogP contribution < -0.4 is 0 Å². The van der Waals surface area contributed by atoms with Crippen LogP contribution in [0.3, 0.4) is 0 Å². The summed E-state index contributed by atoms with van der Waals surface area (Å²) in [7, 11) is 0. The van der Waals surface area contributed by atoms with Gasteiger partial charge in [0, 0.05) is 66.8 Å². The summed E-state index contributed by atoms with van der Waals surface area (Å²) in [4.78, 5) is 0. The molecule has 0 radical (unpaired) electrons. The maximum absolute atomic E-state index is 5.66. The van der Waals surface area contributed by atoms with Crippen molar-refractivity contribution in [3.63, 3.8) is 0 Å². The number of terminal acetylenes is 6. The van der Waals surface area contributed by atoms with Crippen LogP contribution in [0.1, 0.15) is 66.8 Å². The quantitative estimate of drug-likeness (QED) is 0.227. The molecule has 0 aromatic heterocycles. The van der Waals surface area contributed by atoms with Crippen LogP contribution in [0.2, 0.25) is 0 Å². The molecule has 0 saturated heterocycles. The molecule has 0 heteroatoms. The average molecular weight is 595 g/mol. The minimum absolute atomic E-state index is 0.626. The summed E-state index contributed by atoms with van der Waals surface area (Å²) < 4.78 is 0. The first-order valence-electron chi connectivity index (χ1n) is 13.9. The van der Waals surface area contributed by atoms with Crippen LogP contribution in [-0.2, 0) is 0 Å². The van der Waals surface area contributed by atoms with Crippen LogP contribution in [-0.4, -0.2) is 0 Å². The minimum atomic E-state index is 0.626. The second-order valence-corrected chi connectivity index (χ2v) is 9.56. The number of rotatable bonds is 0. The lowest BCUT2D eigenvalue weighted by Gasteiger charge is -1.96. The molecule has 0 aliphatic carbocycles. The van der Waals surface area contributed by atoms with E-state index in [1.807, 2.05) is 12.1 Å². The van der Waals surface area contributed by atoms with Gasteiger partial charge < -0.3 is 0 Å². The fourth-order valence-electron chi connectivity index (χ4n) is 4.06. The molecule has 4 rings (SSSR count). The fraction of sp³-hybridized carbons (Fsp3) is 0. The van der Waals surface area contributed by atoms with Gasteiger partial charge >= 0.3 is 0 Å². The van der Waals surface area contributed by atoms with Gasteiger partial charge in [-0.3, -0.25) is 0 Å². The first kappa shape index (κ1) is 32.5. The second kappa shape index (κ2) is 16.4. The van der Waals surface area contributed by atoms with Gasteiger partial charge in [0.25, 0.3) is 0 Å². The van der Waals surface area contributed by atoms with E-state index in [4.69, 9.17) is 38.5 Å². The van der Waals surface area contributed by atoms with Crippen molar-refractivity contribution >= 4 is 0 Å². The van der Waals surface area contributed by atoms with E-state index in [0.29, 0.717) is 66.8 Å². The minimum Gasteiger partial charge on any atom is -0.115 e. The molecule has 0 spiro atoms. The number of hydrogen-bond donors (Lipinski definition) is 0. The average Bonchev–Trinajstić information content (AvgIpc) is 3.13. The van der Waals surface area contributed by atoms with Crippen LogP contribution in [0.25, 0.3) is 0 Å². The highest BCUT2D eigenvalue weighted by Gasteiger charge is 1.99. The van der Waals surface area contributed by atoms with Gasteiger partial charge in [-0.2, -0.15) is 0 Å². The molecular weight excluding hydrogens is 577 g/mol. The smallest absolute Gasteiger partial charge is 0.0280 e. The second-order valence-electron chi connectivity index (χ2n) is 9.56. The van der Waals surface area contributed by atoms with E-state index in [2.05, 4.69) is 107 Å². The standard InChI is InChI=1S/C48H18/c1-7-37-25-38(8-2)28-43(27-37)19-13-15-21-45-31-41(11-5)33-47(35-45)23-17-18-24-48-34-42(12-6)32-46(36-48)22-16-14-20-44-29-39(9-3)26-40(10-4)30-44/h1-6,25-36H. The van der Waals surface area contributed by atoms with Gasteiger partial charge in [-0.25, -0.2) is 0 Å². The van der Waals surface area contributed by atoms with Gasteiger partial charge in [-0.15, -0.1) is 38.5 Å². The Morgan fingerprint density at radius 1 is 0.208 bits per heavy atom. The maximum atomic E-state index is 5.66. The Morgan fingerprint density at radius 3 is 0.479 bits per heavy atom. The van der Waals surface area contributed by atoms with Crippen molar-refractivity contribution in [2.75, 3.05) is 0 Å². The highest BCUT2D eigenvalue weighted by Crippen LogP contribution is 2.11. The molecule has 48 heavy (non-hydrogen) atoms. The fourth-order valence-corrected chi connectivity index (χ4v) is 4.06. The Labute approximate surface area is 283 Å². The van der Waals surface area contributed by atoms with E-state index in [0.717, 1.165) is 0 Å². The molecule has 0 aliphatic rings. The molecule has 4 aromatic rings. The lowest BCUT2D eigenvalue weighted by atomic mass is 10.1. The van der Waals surface area contributed by atoms with Gasteiger partial charge in [-0.1, -0.05) is 71.0 Å². The molecule has 0 heterocycles. The van der Waals surface area contributed by atoms with E-state index in [9.17, 15) is 0 Å². The summed E-state index contributed by atoms with van der Waals surface area (Å²) in [5.74, 6) is 50.5. The van der Waals surface area contributed by atoms with Gasteiger partial charge in [0.05, 0.1) is 0 Å². The molecule has 4 aromatic carbocycles. The lowest BCUT2D eigenvalue weighted by Crippen LogP contribution is -1.84. The normalized spacial score (nSPS) is 8.12. The summed E-state index contributed by atoms with van der Waals surface area (Å²) in [6.45, 7) is 0. The van der Waals surface area contributed by atoms with Gasteiger partial charge in [0.15, 0.2) is 0 Å². The van der Waals surface area contributed by atoms with Crippen molar-refractivity contribution in [3.05, 3.63) is 140 Å². The molecule has 0 N–H and O–H groups in total. The molecule has 0 saturated carbocycles. The summed E-state index contributed by atoms with van der Waals surface area (Å²) >= 11 is 0. The topological polar surface area (TPSA) is 0 Å². The molecule has 0 nitrogen and oxygen atoms in total. The van der Waals surface area contributed by atoms with E-state index in [1.54, 1.807) is 60.7 Å². The zero-order valence-corrected chi connectivity index (χ0v) is 25.4. The van der Waals surface area contributed by atoms with Crippen LogP contribution in [0.4, 0.5) is 0 Å². The predicted molar refractivity (Wildman–Crippen MR) is 195 cm³/mol.